The Morgan fingerprint density at radius 2 is 1.56 bits per heavy atom. The summed E-state index contributed by atoms with van der Waals surface area (Å²) in [7, 11) is 0. The Balaban J connectivity index is 1.70. The van der Waals surface area contributed by atoms with Crippen molar-refractivity contribution in [3.05, 3.63) is 83.9 Å². The second-order valence-electron chi connectivity index (χ2n) is 10.2. The van der Waals surface area contributed by atoms with Crippen LogP contribution in [0.1, 0.15) is 50.8 Å². The molecule has 204 valence electrons. The Bertz CT molecular complexity index is 1460. The molecule has 3 amide bonds. The van der Waals surface area contributed by atoms with Gasteiger partial charge in [0.25, 0.3) is 0 Å². The Morgan fingerprint density at radius 1 is 0.872 bits per heavy atom. The summed E-state index contributed by atoms with van der Waals surface area (Å²) < 4.78 is 2.23. The molecule has 0 saturated carbocycles. The lowest BCUT2D eigenvalue weighted by Crippen LogP contribution is -2.43. The van der Waals surface area contributed by atoms with Crippen LogP contribution in [0.25, 0.3) is 21.8 Å². The molecule has 0 aliphatic carbocycles. The molecule has 0 radical (unpaired) electrons. The van der Waals surface area contributed by atoms with Crippen molar-refractivity contribution in [2.45, 2.75) is 52.7 Å². The largest absolute Gasteiger partial charge is 0.350 e. The number of amides is 3. The number of hydroxylamine groups is 1. The number of nitrogens with zero attached hydrogens (tertiary/aromatic N) is 1. The van der Waals surface area contributed by atoms with Gasteiger partial charge in [-0.05, 0) is 48.6 Å². The maximum absolute atomic E-state index is 13.6. The van der Waals surface area contributed by atoms with E-state index in [1.54, 1.807) is 5.48 Å². The van der Waals surface area contributed by atoms with Gasteiger partial charge in [-0.1, -0.05) is 68.4 Å². The van der Waals surface area contributed by atoms with Gasteiger partial charge in [0.05, 0.1) is 0 Å². The highest BCUT2D eigenvalue weighted by atomic mass is 16.5. The van der Waals surface area contributed by atoms with E-state index in [1.807, 2.05) is 74.5 Å². The van der Waals surface area contributed by atoms with Crippen LogP contribution in [-0.4, -0.2) is 27.5 Å². The Kier molecular flexibility index (Phi) is 8.99. The van der Waals surface area contributed by atoms with Gasteiger partial charge in [-0.3, -0.25) is 19.6 Å². The lowest BCUT2D eigenvalue weighted by Gasteiger charge is -2.23. The molecule has 4 N–H and O–H groups in total. The zero-order valence-corrected chi connectivity index (χ0v) is 22.6. The van der Waals surface area contributed by atoms with Crippen LogP contribution in [0.15, 0.2) is 72.8 Å². The summed E-state index contributed by atoms with van der Waals surface area (Å²) in [6.07, 6.45) is 0.253. The molecule has 0 spiro atoms. The third-order valence-electron chi connectivity index (χ3n) is 6.99. The first-order valence-corrected chi connectivity index (χ1v) is 13.4. The lowest BCUT2D eigenvalue weighted by atomic mass is 9.92. The monoisotopic (exact) mass is 528 g/mol. The number of fused-ring (bicyclic) bond motifs is 3. The average molecular weight is 529 g/mol. The topological polar surface area (TPSA) is 112 Å². The number of aromatic nitrogens is 1. The maximum atomic E-state index is 13.6. The first-order chi connectivity index (χ1) is 18.8. The summed E-state index contributed by atoms with van der Waals surface area (Å²) in [6, 6.07) is 22.5. The number of hydrogen-bond acceptors (Lipinski definition) is 4. The molecule has 2 unspecified atom stereocenters. The summed E-state index contributed by atoms with van der Waals surface area (Å²) in [4.78, 5) is 39.0. The van der Waals surface area contributed by atoms with E-state index in [4.69, 9.17) is 5.21 Å². The van der Waals surface area contributed by atoms with Crippen molar-refractivity contribution < 1.29 is 19.6 Å². The molecule has 8 nitrogen and oxygen atoms in total. The standard InChI is InChI=1S/C31H36N4O4/c1-4-35-26-13-9-8-12-24(26)25-17-22(14-15-27(25)35)29(31(38)32-19-21-10-6-5-7-11-21)33-30(37)23(16-20(2)3)18-28(36)34-39/h5-15,17,20,23,29,39H,4,16,18-19H2,1-3H3,(H,32,38)(H,33,37)(H,34,36). The zero-order valence-electron chi connectivity index (χ0n) is 22.6. The average Bonchev–Trinajstić information content (AvgIpc) is 3.27. The van der Waals surface area contributed by atoms with Crippen LogP contribution in [-0.2, 0) is 27.5 Å². The van der Waals surface area contributed by atoms with E-state index >= 15 is 0 Å². The molecule has 2 atom stereocenters. The molecule has 4 rings (SSSR count). The van der Waals surface area contributed by atoms with Gasteiger partial charge in [-0.25, -0.2) is 5.48 Å². The fourth-order valence-corrected chi connectivity index (χ4v) is 5.16. The van der Waals surface area contributed by atoms with Crippen LogP contribution >= 0.6 is 0 Å². The van der Waals surface area contributed by atoms with E-state index in [1.165, 1.54) is 0 Å². The van der Waals surface area contributed by atoms with Crippen molar-refractivity contribution in [3.8, 4) is 0 Å². The number of aryl methyl sites for hydroxylation is 1. The molecular weight excluding hydrogens is 492 g/mol. The van der Waals surface area contributed by atoms with Crippen LogP contribution in [0.4, 0.5) is 0 Å². The van der Waals surface area contributed by atoms with Gasteiger partial charge in [0.2, 0.25) is 17.7 Å². The van der Waals surface area contributed by atoms with Crippen molar-refractivity contribution in [1.29, 1.82) is 0 Å². The molecule has 0 bridgehead atoms. The first-order valence-electron chi connectivity index (χ1n) is 13.4. The van der Waals surface area contributed by atoms with Gasteiger partial charge in [0.1, 0.15) is 6.04 Å². The fraction of sp³-hybridized carbons (Fsp3) is 0.323. The molecule has 0 saturated heterocycles. The van der Waals surface area contributed by atoms with Gasteiger partial charge in [0, 0.05) is 47.2 Å². The lowest BCUT2D eigenvalue weighted by molar-refractivity contribution is -0.136. The normalized spacial score (nSPS) is 12.8. The number of carbonyl (C=O) groups is 3. The predicted molar refractivity (Wildman–Crippen MR) is 152 cm³/mol. The molecular formula is C31H36N4O4. The predicted octanol–water partition coefficient (Wildman–Crippen LogP) is 4.85. The molecule has 3 aromatic carbocycles. The maximum Gasteiger partial charge on any atom is 0.247 e. The number of carbonyl (C=O) groups excluding carboxylic acids is 3. The second kappa shape index (κ2) is 12.6. The third kappa shape index (κ3) is 6.46. The second-order valence-corrected chi connectivity index (χ2v) is 10.2. The van der Waals surface area contributed by atoms with E-state index in [-0.39, 0.29) is 18.2 Å². The van der Waals surface area contributed by atoms with Gasteiger partial charge in [0.15, 0.2) is 0 Å². The highest BCUT2D eigenvalue weighted by molar-refractivity contribution is 6.08. The van der Waals surface area contributed by atoms with Crippen LogP contribution in [0.2, 0.25) is 0 Å². The van der Waals surface area contributed by atoms with Crippen molar-refractivity contribution in [2.75, 3.05) is 0 Å². The first kappa shape index (κ1) is 27.9. The van der Waals surface area contributed by atoms with Crippen molar-refractivity contribution in [2.24, 2.45) is 11.8 Å². The minimum atomic E-state index is -0.971. The minimum absolute atomic E-state index is 0.133. The fourth-order valence-electron chi connectivity index (χ4n) is 5.16. The van der Waals surface area contributed by atoms with Gasteiger partial charge in [-0.2, -0.15) is 0 Å². The third-order valence-corrected chi connectivity index (χ3v) is 6.99. The Morgan fingerprint density at radius 3 is 2.26 bits per heavy atom. The summed E-state index contributed by atoms with van der Waals surface area (Å²) >= 11 is 0. The molecule has 0 aliphatic heterocycles. The molecule has 8 heteroatoms. The Hall–Kier alpha value is -4.17. The van der Waals surface area contributed by atoms with E-state index in [0.29, 0.717) is 18.5 Å². The summed E-state index contributed by atoms with van der Waals surface area (Å²) in [5.74, 6) is -1.97. The van der Waals surface area contributed by atoms with E-state index < -0.39 is 23.8 Å². The van der Waals surface area contributed by atoms with E-state index in [0.717, 1.165) is 33.9 Å². The molecule has 0 fully saturated rings. The number of rotatable bonds is 11. The van der Waals surface area contributed by atoms with E-state index in [2.05, 4.69) is 34.3 Å². The summed E-state index contributed by atoms with van der Waals surface area (Å²) in [5.41, 5.74) is 5.36. The highest BCUT2D eigenvalue weighted by Crippen LogP contribution is 2.31. The minimum Gasteiger partial charge on any atom is -0.350 e. The van der Waals surface area contributed by atoms with Gasteiger partial charge in [-0.15, -0.1) is 0 Å². The molecule has 39 heavy (non-hydrogen) atoms. The zero-order chi connectivity index (χ0) is 27.9. The molecule has 1 heterocycles. The highest BCUT2D eigenvalue weighted by Gasteiger charge is 2.29. The smallest absolute Gasteiger partial charge is 0.247 e. The summed E-state index contributed by atoms with van der Waals surface area (Å²) in [6.45, 7) is 7.12. The van der Waals surface area contributed by atoms with Crippen LogP contribution in [0.3, 0.4) is 0 Å². The number of para-hydroxylation sites is 1. The number of nitrogens with one attached hydrogen (secondary N) is 3. The molecule has 4 aromatic rings. The number of benzene rings is 3. The summed E-state index contributed by atoms with van der Waals surface area (Å²) in [5, 5.41) is 17.0. The van der Waals surface area contributed by atoms with Crippen LogP contribution in [0, 0.1) is 11.8 Å². The van der Waals surface area contributed by atoms with Crippen molar-refractivity contribution in [1.82, 2.24) is 20.7 Å². The van der Waals surface area contributed by atoms with Gasteiger partial charge >= 0.3 is 0 Å². The van der Waals surface area contributed by atoms with Gasteiger partial charge < -0.3 is 15.2 Å². The van der Waals surface area contributed by atoms with Crippen molar-refractivity contribution >= 4 is 39.5 Å². The van der Waals surface area contributed by atoms with E-state index in [9.17, 15) is 14.4 Å². The van der Waals surface area contributed by atoms with Crippen LogP contribution < -0.4 is 16.1 Å². The molecule has 0 aliphatic rings. The SMILES string of the molecule is CCn1c2ccccc2c2cc(C(NC(=O)C(CC(=O)NO)CC(C)C)C(=O)NCc3ccccc3)ccc21. The number of hydrogen-bond donors (Lipinski definition) is 4. The van der Waals surface area contributed by atoms with Crippen LogP contribution in [0.5, 0.6) is 0 Å². The Labute approximate surface area is 228 Å². The van der Waals surface area contributed by atoms with Crippen molar-refractivity contribution in [3.63, 3.8) is 0 Å². The quantitative estimate of drug-likeness (QED) is 0.165. The molecule has 1 aromatic heterocycles.